The van der Waals surface area contributed by atoms with E-state index in [1.165, 1.54) is 6.07 Å². The Morgan fingerprint density at radius 2 is 2.26 bits per heavy atom. The Morgan fingerprint density at radius 1 is 1.47 bits per heavy atom. The van der Waals surface area contributed by atoms with E-state index >= 15 is 0 Å². The lowest BCUT2D eigenvalue weighted by Gasteiger charge is -2.14. The predicted molar refractivity (Wildman–Crippen MR) is 74.7 cm³/mol. The van der Waals surface area contributed by atoms with Gasteiger partial charge in [0.25, 0.3) is 0 Å². The summed E-state index contributed by atoms with van der Waals surface area (Å²) in [6.07, 6.45) is 4.57. The summed E-state index contributed by atoms with van der Waals surface area (Å²) >= 11 is 5.78. The summed E-state index contributed by atoms with van der Waals surface area (Å²) < 4.78 is 15.1. The molecule has 2 aromatic rings. The molecule has 0 aliphatic rings. The minimum atomic E-state index is -0.384. The van der Waals surface area contributed by atoms with Gasteiger partial charge >= 0.3 is 0 Å². The number of nitrogens with one attached hydrogen (secondary N) is 1. The van der Waals surface area contributed by atoms with Crippen LogP contribution in [0.5, 0.6) is 0 Å². The maximum absolute atomic E-state index is 13.1. The zero-order valence-electron chi connectivity index (χ0n) is 11.0. The maximum atomic E-state index is 13.1. The summed E-state index contributed by atoms with van der Waals surface area (Å²) in [6, 6.07) is 4.93. The van der Waals surface area contributed by atoms with Gasteiger partial charge < -0.3 is 9.88 Å². The second-order valence-electron chi connectivity index (χ2n) is 4.55. The van der Waals surface area contributed by atoms with E-state index in [1.807, 2.05) is 24.7 Å². The average Bonchev–Trinajstić information content (AvgIpc) is 2.78. The Balaban J connectivity index is 1.89. The molecule has 1 aromatic heterocycles. The molecule has 0 amide bonds. The molecule has 1 atom stereocenters. The zero-order chi connectivity index (χ0) is 13.8. The molecule has 0 saturated heterocycles. The molecular weight excluding hydrogens is 265 g/mol. The fourth-order valence-electron chi connectivity index (χ4n) is 1.94. The van der Waals surface area contributed by atoms with E-state index in [0.29, 0.717) is 0 Å². The van der Waals surface area contributed by atoms with Gasteiger partial charge in [-0.05, 0) is 24.6 Å². The van der Waals surface area contributed by atoms with Gasteiger partial charge in [-0.25, -0.2) is 9.37 Å². The van der Waals surface area contributed by atoms with Crippen molar-refractivity contribution in [3.63, 3.8) is 0 Å². The van der Waals surface area contributed by atoms with E-state index in [2.05, 4.69) is 10.3 Å². The number of halogens is 2. The summed E-state index contributed by atoms with van der Waals surface area (Å²) in [5.41, 5.74) is 0.978. The number of imidazole rings is 1. The molecule has 19 heavy (non-hydrogen) atoms. The lowest BCUT2D eigenvalue weighted by atomic mass is 10.1. The molecule has 1 heterocycles. The minimum Gasteiger partial charge on any atom is -0.338 e. The van der Waals surface area contributed by atoms with Crippen molar-refractivity contribution in [1.82, 2.24) is 14.9 Å². The topological polar surface area (TPSA) is 29.9 Å². The normalized spacial score (nSPS) is 12.6. The Kier molecular flexibility index (Phi) is 4.56. The monoisotopic (exact) mass is 281 g/mol. The van der Waals surface area contributed by atoms with E-state index in [4.69, 9.17) is 11.6 Å². The number of nitrogens with zero attached hydrogens (tertiary/aromatic N) is 2. The van der Waals surface area contributed by atoms with Gasteiger partial charge in [0.2, 0.25) is 0 Å². The molecule has 0 spiro atoms. The zero-order valence-corrected chi connectivity index (χ0v) is 11.8. The molecule has 0 radical (unpaired) electrons. The number of aryl methyl sites for hydroxylation is 1. The van der Waals surface area contributed by atoms with Crippen LogP contribution in [0.1, 0.15) is 24.4 Å². The van der Waals surface area contributed by atoms with E-state index in [-0.39, 0.29) is 16.9 Å². The fraction of sp³-hybridized carbons (Fsp3) is 0.357. The van der Waals surface area contributed by atoms with Gasteiger partial charge in [-0.15, -0.1) is 0 Å². The molecule has 0 aliphatic carbocycles. The average molecular weight is 282 g/mol. The van der Waals surface area contributed by atoms with E-state index < -0.39 is 0 Å². The molecule has 0 saturated carbocycles. The van der Waals surface area contributed by atoms with Crippen molar-refractivity contribution in [2.45, 2.75) is 19.4 Å². The van der Waals surface area contributed by atoms with E-state index in [1.54, 1.807) is 18.3 Å². The van der Waals surface area contributed by atoms with Crippen molar-refractivity contribution >= 4 is 11.6 Å². The molecule has 2 rings (SSSR count). The van der Waals surface area contributed by atoms with Gasteiger partial charge in [0.1, 0.15) is 11.6 Å². The summed E-state index contributed by atoms with van der Waals surface area (Å²) in [5.74, 6) is 0.655. The molecule has 0 fully saturated rings. The first-order valence-electron chi connectivity index (χ1n) is 6.22. The molecular formula is C14H17ClFN3. The third-order valence-electron chi connectivity index (χ3n) is 3.16. The van der Waals surface area contributed by atoms with Crippen LogP contribution in [0, 0.1) is 5.82 Å². The third kappa shape index (κ3) is 3.55. The van der Waals surface area contributed by atoms with Crippen molar-refractivity contribution in [2.75, 3.05) is 6.54 Å². The first-order valence-corrected chi connectivity index (χ1v) is 6.60. The highest BCUT2D eigenvalue weighted by Crippen LogP contribution is 2.20. The van der Waals surface area contributed by atoms with Gasteiger partial charge in [0.15, 0.2) is 0 Å². The van der Waals surface area contributed by atoms with Crippen LogP contribution in [-0.2, 0) is 13.5 Å². The van der Waals surface area contributed by atoms with Gasteiger partial charge in [-0.3, -0.25) is 0 Å². The quantitative estimate of drug-likeness (QED) is 0.913. The van der Waals surface area contributed by atoms with Crippen LogP contribution in [-0.4, -0.2) is 16.1 Å². The smallest absolute Gasteiger partial charge is 0.141 e. The highest BCUT2D eigenvalue weighted by molar-refractivity contribution is 6.30. The van der Waals surface area contributed by atoms with Gasteiger partial charge in [-0.2, -0.15) is 0 Å². The van der Waals surface area contributed by atoms with Gasteiger partial charge in [-0.1, -0.05) is 17.7 Å². The molecule has 1 unspecified atom stereocenters. The van der Waals surface area contributed by atoms with Crippen molar-refractivity contribution in [3.8, 4) is 0 Å². The minimum absolute atomic E-state index is 0.123. The molecule has 1 aromatic carbocycles. The van der Waals surface area contributed by atoms with Gasteiger partial charge in [0, 0.05) is 38.4 Å². The van der Waals surface area contributed by atoms with Crippen molar-refractivity contribution in [3.05, 3.63) is 52.8 Å². The van der Waals surface area contributed by atoms with Crippen LogP contribution >= 0.6 is 11.6 Å². The van der Waals surface area contributed by atoms with Crippen LogP contribution < -0.4 is 5.32 Å². The first kappa shape index (κ1) is 14.0. The predicted octanol–water partition coefficient (Wildman–Crippen LogP) is 3.11. The number of benzene rings is 1. The SMILES string of the molecule is CC(NCCc1nccn1C)c1ccc(F)c(Cl)c1. The standard InChI is InChI=1S/C14H17ClFN3/c1-10(11-3-4-13(16)12(15)9-11)17-6-5-14-18-7-8-19(14)2/h3-4,7-10,17H,5-6H2,1-2H3. The number of rotatable bonds is 5. The first-order chi connectivity index (χ1) is 9.08. The Labute approximate surface area is 117 Å². The Bertz CT molecular complexity index is 553. The van der Waals surface area contributed by atoms with Crippen molar-refractivity contribution < 1.29 is 4.39 Å². The number of aromatic nitrogens is 2. The molecule has 3 nitrogen and oxygen atoms in total. The lowest BCUT2D eigenvalue weighted by Crippen LogP contribution is -2.22. The summed E-state index contributed by atoms with van der Waals surface area (Å²) in [6.45, 7) is 2.84. The second-order valence-corrected chi connectivity index (χ2v) is 4.96. The number of hydrogen-bond donors (Lipinski definition) is 1. The van der Waals surface area contributed by atoms with Crippen LogP contribution in [0.2, 0.25) is 5.02 Å². The second kappa shape index (κ2) is 6.17. The van der Waals surface area contributed by atoms with E-state index in [9.17, 15) is 4.39 Å². The summed E-state index contributed by atoms with van der Waals surface area (Å²) in [4.78, 5) is 4.26. The Morgan fingerprint density at radius 3 is 2.89 bits per heavy atom. The Hall–Kier alpha value is -1.39. The summed E-state index contributed by atoms with van der Waals surface area (Å²) in [7, 11) is 1.98. The molecule has 1 N–H and O–H groups in total. The van der Waals surface area contributed by atoms with Crippen LogP contribution in [0.25, 0.3) is 0 Å². The summed E-state index contributed by atoms with van der Waals surface area (Å²) in [5, 5.41) is 3.54. The molecule has 0 bridgehead atoms. The molecule has 0 aliphatic heterocycles. The lowest BCUT2D eigenvalue weighted by molar-refractivity contribution is 0.562. The largest absolute Gasteiger partial charge is 0.338 e. The molecule has 102 valence electrons. The van der Waals surface area contributed by atoms with Gasteiger partial charge in [0.05, 0.1) is 5.02 Å². The fourth-order valence-corrected chi connectivity index (χ4v) is 2.13. The maximum Gasteiger partial charge on any atom is 0.141 e. The highest BCUT2D eigenvalue weighted by Gasteiger charge is 2.08. The molecule has 5 heteroatoms. The number of hydrogen-bond acceptors (Lipinski definition) is 2. The van der Waals surface area contributed by atoms with E-state index in [0.717, 1.165) is 24.4 Å². The van der Waals surface area contributed by atoms with Crippen LogP contribution in [0.15, 0.2) is 30.6 Å². The van der Waals surface area contributed by atoms with Crippen molar-refractivity contribution in [2.24, 2.45) is 7.05 Å². The third-order valence-corrected chi connectivity index (χ3v) is 3.45. The van der Waals surface area contributed by atoms with Crippen molar-refractivity contribution in [1.29, 1.82) is 0 Å². The highest BCUT2D eigenvalue weighted by atomic mass is 35.5. The van der Waals surface area contributed by atoms with Crippen LogP contribution in [0.3, 0.4) is 0 Å². The van der Waals surface area contributed by atoms with Crippen LogP contribution in [0.4, 0.5) is 4.39 Å².